The minimum atomic E-state index is 0.202. The zero-order valence-corrected chi connectivity index (χ0v) is 10.2. The highest BCUT2D eigenvalue weighted by Crippen LogP contribution is 2.16. The Morgan fingerprint density at radius 1 is 1.40 bits per heavy atom. The number of hydrogen-bond acceptors (Lipinski definition) is 4. The van der Waals surface area contributed by atoms with Crippen molar-refractivity contribution in [1.29, 1.82) is 0 Å². The summed E-state index contributed by atoms with van der Waals surface area (Å²) in [6.45, 7) is 5.51. The van der Waals surface area contributed by atoms with Crippen molar-refractivity contribution in [2.45, 2.75) is 13.5 Å². The van der Waals surface area contributed by atoms with Gasteiger partial charge in [0.15, 0.2) is 0 Å². The van der Waals surface area contributed by atoms with Crippen LogP contribution < -0.4 is 0 Å². The van der Waals surface area contributed by atoms with Gasteiger partial charge in [0.25, 0.3) is 0 Å². The third-order valence-corrected chi connectivity index (χ3v) is 3.19. The van der Waals surface area contributed by atoms with E-state index < -0.39 is 0 Å². The van der Waals surface area contributed by atoms with Gasteiger partial charge in [0.2, 0.25) is 0 Å². The van der Waals surface area contributed by atoms with E-state index in [1.54, 1.807) is 7.11 Å². The molecule has 0 saturated carbocycles. The second-order valence-corrected chi connectivity index (χ2v) is 4.88. The molecule has 86 valence electrons. The Morgan fingerprint density at radius 2 is 2.20 bits per heavy atom. The first-order valence-electron chi connectivity index (χ1n) is 5.13. The summed E-state index contributed by atoms with van der Waals surface area (Å²) in [5, 5.41) is 8.94. The van der Waals surface area contributed by atoms with Crippen molar-refractivity contribution in [3.63, 3.8) is 0 Å². The second kappa shape index (κ2) is 6.95. The minimum absolute atomic E-state index is 0.202. The lowest BCUT2D eigenvalue weighted by Gasteiger charge is -2.19. The fraction of sp³-hybridized carbons (Fsp3) is 0.636. The van der Waals surface area contributed by atoms with Crippen LogP contribution >= 0.6 is 11.3 Å². The summed E-state index contributed by atoms with van der Waals surface area (Å²) in [7, 11) is 1.70. The Morgan fingerprint density at radius 3 is 2.73 bits per heavy atom. The van der Waals surface area contributed by atoms with Gasteiger partial charge in [-0.15, -0.1) is 11.3 Å². The van der Waals surface area contributed by atoms with Crippen LogP contribution in [0.5, 0.6) is 0 Å². The number of aliphatic hydroxyl groups excluding tert-OH is 1. The van der Waals surface area contributed by atoms with Gasteiger partial charge in [-0.25, -0.2) is 0 Å². The van der Waals surface area contributed by atoms with Crippen molar-refractivity contribution >= 4 is 11.3 Å². The molecule has 15 heavy (non-hydrogen) atoms. The lowest BCUT2D eigenvalue weighted by molar-refractivity contribution is 0.127. The molecular weight excluding hydrogens is 210 g/mol. The highest BCUT2D eigenvalue weighted by molar-refractivity contribution is 7.11. The Bertz CT molecular complexity index is 275. The quantitative estimate of drug-likeness (QED) is 0.769. The zero-order valence-electron chi connectivity index (χ0n) is 9.40. The molecule has 0 aliphatic rings. The van der Waals surface area contributed by atoms with Crippen LogP contribution in [-0.4, -0.2) is 43.4 Å². The van der Waals surface area contributed by atoms with Gasteiger partial charge in [-0.2, -0.15) is 0 Å². The van der Waals surface area contributed by atoms with Crippen LogP contribution in [0, 0.1) is 6.92 Å². The van der Waals surface area contributed by atoms with Gasteiger partial charge in [0, 0.05) is 36.5 Å². The zero-order chi connectivity index (χ0) is 11.1. The van der Waals surface area contributed by atoms with Gasteiger partial charge in [0.05, 0.1) is 13.2 Å². The standard InChI is InChI=1S/C11H19NO2S/c1-10-3-4-11(15-10)9-12(5-7-13)6-8-14-2/h3-4,13H,5-9H2,1-2H3. The molecule has 0 aliphatic heterocycles. The van der Waals surface area contributed by atoms with Crippen LogP contribution in [0.1, 0.15) is 9.75 Å². The Labute approximate surface area is 95.3 Å². The Hall–Kier alpha value is -0.420. The SMILES string of the molecule is COCCN(CCO)Cc1ccc(C)s1. The molecule has 0 aromatic carbocycles. The van der Waals surface area contributed by atoms with Gasteiger partial charge in [0.1, 0.15) is 0 Å². The molecule has 1 N–H and O–H groups in total. The molecule has 0 fully saturated rings. The maximum atomic E-state index is 8.94. The summed E-state index contributed by atoms with van der Waals surface area (Å²) in [5.74, 6) is 0. The van der Waals surface area contributed by atoms with E-state index in [0.717, 1.165) is 13.1 Å². The number of hydrogen-bond donors (Lipinski definition) is 1. The van der Waals surface area contributed by atoms with Gasteiger partial charge < -0.3 is 9.84 Å². The maximum Gasteiger partial charge on any atom is 0.0589 e. The number of ether oxygens (including phenoxy) is 1. The van der Waals surface area contributed by atoms with Gasteiger partial charge in [-0.1, -0.05) is 0 Å². The topological polar surface area (TPSA) is 32.7 Å². The predicted molar refractivity (Wildman–Crippen MR) is 63.3 cm³/mol. The van der Waals surface area contributed by atoms with Gasteiger partial charge in [-0.05, 0) is 19.1 Å². The first kappa shape index (κ1) is 12.6. The molecule has 4 heteroatoms. The van der Waals surface area contributed by atoms with E-state index in [-0.39, 0.29) is 6.61 Å². The Kier molecular flexibility index (Phi) is 5.86. The van der Waals surface area contributed by atoms with Crippen LogP contribution in [0.15, 0.2) is 12.1 Å². The molecule has 1 rings (SSSR count). The molecule has 1 aromatic rings. The van der Waals surface area contributed by atoms with Crippen LogP contribution in [0.2, 0.25) is 0 Å². The number of rotatable bonds is 7. The van der Waals surface area contributed by atoms with Crippen molar-refractivity contribution in [3.05, 3.63) is 21.9 Å². The second-order valence-electron chi connectivity index (χ2n) is 3.50. The molecule has 0 bridgehead atoms. The third-order valence-electron chi connectivity index (χ3n) is 2.20. The molecule has 0 aliphatic carbocycles. The molecule has 0 unspecified atom stereocenters. The minimum Gasteiger partial charge on any atom is -0.395 e. The molecule has 0 radical (unpaired) electrons. The Balaban J connectivity index is 2.42. The third kappa shape index (κ3) is 4.75. The summed E-state index contributed by atoms with van der Waals surface area (Å²) >= 11 is 1.81. The highest BCUT2D eigenvalue weighted by Gasteiger charge is 2.06. The van der Waals surface area contributed by atoms with Gasteiger partial charge >= 0.3 is 0 Å². The molecule has 0 atom stereocenters. The predicted octanol–water partition coefficient (Wildman–Crippen LogP) is 1.50. The molecule has 0 saturated heterocycles. The molecule has 1 heterocycles. The van der Waals surface area contributed by atoms with E-state index in [2.05, 4.69) is 24.0 Å². The van der Waals surface area contributed by atoms with Crippen molar-refractivity contribution < 1.29 is 9.84 Å². The number of methoxy groups -OCH3 is 1. The largest absolute Gasteiger partial charge is 0.395 e. The van der Waals surface area contributed by atoms with E-state index >= 15 is 0 Å². The fourth-order valence-corrected chi connectivity index (χ4v) is 2.36. The molecule has 0 amide bonds. The summed E-state index contributed by atoms with van der Waals surface area (Å²) < 4.78 is 5.04. The van der Waals surface area contributed by atoms with Crippen LogP contribution in [0.3, 0.4) is 0 Å². The van der Waals surface area contributed by atoms with E-state index in [9.17, 15) is 0 Å². The van der Waals surface area contributed by atoms with E-state index in [4.69, 9.17) is 9.84 Å². The number of aliphatic hydroxyl groups is 1. The lowest BCUT2D eigenvalue weighted by atomic mass is 10.4. The lowest BCUT2D eigenvalue weighted by Crippen LogP contribution is -2.29. The fourth-order valence-electron chi connectivity index (χ4n) is 1.42. The monoisotopic (exact) mass is 229 g/mol. The molecule has 3 nitrogen and oxygen atoms in total. The van der Waals surface area contributed by atoms with E-state index in [0.29, 0.717) is 13.2 Å². The first-order valence-corrected chi connectivity index (χ1v) is 5.95. The summed E-state index contributed by atoms with van der Waals surface area (Å²) in [6, 6.07) is 4.28. The van der Waals surface area contributed by atoms with Crippen molar-refractivity contribution in [2.75, 3.05) is 33.4 Å². The van der Waals surface area contributed by atoms with Crippen LogP contribution in [0.25, 0.3) is 0 Å². The molecule has 1 aromatic heterocycles. The van der Waals surface area contributed by atoms with Crippen molar-refractivity contribution in [2.24, 2.45) is 0 Å². The number of thiophene rings is 1. The van der Waals surface area contributed by atoms with Crippen molar-refractivity contribution in [1.82, 2.24) is 4.90 Å². The maximum absolute atomic E-state index is 8.94. The summed E-state index contributed by atoms with van der Waals surface area (Å²) in [6.07, 6.45) is 0. The summed E-state index contributed by atoms with van der Waals surface area (Å²) in [4.78, 5) is 4.88. The summed E-state index contributed by atoms with van der Waals surface area (Å²) in [5.41, 5.74) is 0. The van der Waals surface area contributed by atoms with Crippen molar-refractivity contribution in [3.8, 4) is 0 Å². The first-order chi connectivity index (χ1) is 7.26. The van der Waals surface area contributed by atoms with Gasteiger partial charge in [-0.3, -0.25) is 4.90 Å². The van der Waals surface area contributed by atoms with Crippen LogP contribution in [0.4, 0.5) is 0 Å². The average Bonchev–Trinajstić information content (AvgIpc) is 2.61. The van der Waals surface area contributed by atoms with Crippen LogP contribution in [-0.2, 0) is 11.3 Å². The van der Waals surface area contributed by atoms with E-state index in [1.807, 2.05) is 11.3 Å². The normalized spacial score (nSPS) is 11.2. The smallest absolute Gasteiger partial charge is 0.0589 e. The van der Waals surface area contributed by atoms with E-state index in [1.165, 1.54) is 9.75 Å². The number of nitrogens with zero attached hydrogens (tertiary/aromatic N) is 1. The molecule has 0 spiro atoms. The molecular formula is C11H19NO2S. The highest BCUT2D eigenvalue weighted by atomic mass is 32.1. The average molecular weight is 229 g/mol. The number of aryl methyl sites for hydroxylation is 1.